The van der Waals surface area contributed by atoms with Crippen molar-refractivity contribution in [1.29, 1.82) is 0 Å². The van der Waals surface area contributed by atoms with Gasteiger partial charge in [0.25, 0.3) is 0 Å². The van der Waals surface area contributed by atoms with Crippen LogP contribution in [0.25, 0.3) is 0 Å². The number of nitrogens with zero attached hydrogens (tertiary/aromatic N) is 1. The van der Waals surface area contributed by atoms with Gasteiger partial charge in [-0.05, 0) is 43.2 Å². The number of rotatable bonds is 7. The van der Waals surface area contributed by atoms with Crippen molar-refractivity contribution in [3.8, 4) is 5.75 Å². The van der Waals surface area contributed by atoms with E-state index in [9.17, 15) is 0 Å². The molecule has 0 atom stereocenters. The Labute approximate surface area is 171 Å². The van der Waals surface area contributed by atoms with Gasteiger partial charge in [-0.25, -0.2) is 0 Å². The summed E-state index contributed by atoms with van der Waals surface area (Å²) in [6.45, 7) is 1.59. The van der Waals surface area contributed by atoms with Gasteiger partial charge in [-0.2, -0.15) is 0 Å². The predicted octanol–water partition coefficient (Wildman–Crippen LogP) is 4.21. The Morgan fingerprint density at radius 1 is 1.20 bits per heavy atom. The maximum atomic E-state index is 6.08. The number of halogens is 1. The van der Waals surface area contributed by atoms with Crippen LogP contribution in [0, 0.1) is 0 Å². The molecule has 1 aliphatic carbocycles. The summed E-state index contributed by atoms with van der Waals surface area (Å²) >= 11 is 1.79. The van der Waals surface area contributed by atoms with Gasteiger partial charge in [0.1, 0.15) is 5.75 Å². The number of guanidine groups is 1. The molecule has 0 amide bonds. The van der Waals surface area contributed by atoms with E-state index in [0.29, 0.717) is 12.6 Å². The van der Waals surface area contributed by atoms with E-state index in [1.807, 2.05) is 6.07 Å². The van der Waals surface area contributed by atoms with Crippen molar-refractivity contribution < 1.29 is 4.74 Å². The molecule has 1 saturated carbocycles. The third-order valence-corrected chi connectivity index (χ3v) is 5.17. The molecule has 1 aromatic heterocycles. The Hall–Kier alpha value is -1.28. The van der Waals surface area contributed by atoms with Crippen LogP contribution >= 0.6 is 35.3 Å². The number of nitrogens with one attached hydrogen (secondary N) is 2. The highest BCUT2D eigenvalue weighted by Crippen LogP contribution is 2.27. The summed E-state index contributed by atoms with van der Waals surface area (Å²) < 4.78 is 6.08. The van der Waals surface area contributed by atoms with Gasteiger partial charge in [0.15, 0.2) is 5.96 Å². The van der Waals surface area contributed by atoms with Gasteiger partial charge in [-0.15, -0.1) is 35.3 Å². The zero-order chi connectivity index (χ0) is 16.6. The molecule has 25 heavy (non-hydrogen) atoms. The molecule has 1 fully saturated rings. The molecular weight excluding hydrogens is 445 g/mol. The molecule has 6 heteroatoms. The van der Waals surface area contributed by atoms with Crippen molar-refractivity contribution in [2.45, 2.75) is 38.3 Å². The van der Waals surface area contributed by atoms with Crippen molar-refractivity contribution in [1.82, 2.24) is 10.6 Å². The fourth-order valence-corrected chi connectivity index (χ4v) is 3.30. The zero-order valence-electron chi connectivity index (χ0n) is 14.5. The second-order valence-corrected chi connectivity index (χ2v) is 6.99. The topological polar surface area (TPSA) is 45.7 Å². The van der Waals surface area contributed by atoms with E-state index in [1.54, 1.807) is 18.4 Å². The molecule has 4 nitrogen and oxygen atoms in total. The Balaban J connectivity index is 0.00000225. The molecule has 1 aliphatic rings. The average molecular weight is 471 g/mol. The molecule has 0 radical (unpaired) electrons. The fourth-order valence-electron chi connectivity index (χ4n) is 2.59. The van der Waals surface area contributed by atoms with E-state index in [4.69, 9.17) is 4.74 Å². The van der Waals surface area contributed by atoms with Crippen LogP contribution in [-0.2, 0) is 13.0 Å². The number of hydrogen-bond acceptors (Lipinski definition) is 3. The van der Waals surface area contributed by atoms with Gasteiger partial charge in [0.2, 0.25) is 0 Å². The van der Waals surface area contributed by atoms with Crippen LogP contribution in [0.15, 0.2) is 46.8 Å². The number of thiophene rings is 1. The van der Waals surface area contributed by atoms with Gasteiger partial charge in [0, 0.05) is 30.6 Å². The van der Waals surface area contributed by atoms with E-state index < -0.39 is 0 Å². The van der Waals surface area contributed by atoms with Crippen LogP contribution in [-0.4, -0.2) is 25.7 Å². The summed E-state index contributed by atoms with van der Waals surface area (Å²) in [4.78, 5) is 5.68. The highest BCUT2D eigenvalue weighted by atomic mass is 127. The van der Waals surface area contributed by atoms with Gasteiger partial charge in [-0.1, -0.05) is 24.3 Å². The lowest BCUT2D eigenvalue weighted by Gasteiger charge is -2.27. The second-order valence-electron chi connectivity index (χ2n) is 5.96. The Kier molecular flexibility index (Phi) is 8.54. The van der Waals surface area contributed by atoms with E-state index in [-0.39, 0.29) is 24.0 Å². The van der Waals surface area contributed by atoms with Crippen LogP contribution in [0.5, 0.6) is 5.75 Å². The van der Waals surface area contributed by atoms with Gasteiger partial charge < -0.3 is 15.4 Å². The second kappa shape index (κ2) is 10.7. The normalized spacial score (nSPS) is 14.4. The van der Waals surface area contributed by atoms with Crippen LogP contribution in [0.2, 0.25) is 0 Å². The fraction of sp³-hybridized carbons (Fsp3) is 0.421. The number of hydrogen-bond donors (Lipinski definition) is 2. The van der Waals surface area contributed by atoms with Crippen molar-refractivity contribution in [2.24, 2.45) is 4.99 Å². The van der Waals surface area contributed by atoms with E-state index in [2.05, 4.69) is 51.3 Å². The Morgan fingerprint density at radius 2 is 2.04 bits per heavy atom. The molecule has 2 aromatic rings. The highest BCUT2D eigenvalue weighted by molar-refractivity contribution is 14.0. The lowest BCUT2D eigenvalue weighted by Crippen LogP contribution is -2.38. The first kappa shape index (κ1) is 20.0. The molecular formula is C19H26IN3OS. The summed E-state index contributed by atoms with van der Waals surface area (Å²) in [6.07, 6.45) is 5.04. The largest absolute Gasteiger partial charge is 0.490 e. The number of aliphatic imine (C=N–C) groups is 1. The van der Waals surface area contributed by atoms with Gasteiger partial charge in [-0.3, -0.25) is 4.99 Å². The van der Waals surface area contributed by atoms with Crippen LogP contribution in [0.3, 0.4) is 0 Å². The first-order valence-corrected chi connectivity index (χ1v) is 9.44. The van der Waals surface area contributed by atoms with E-state index in [1.165, 1.54) is 29.7 Å². The number of ether oxygens (including phenoxy) is 1. The van der Waals surface area contributed by atoms with E-state index in [0.717, 1.165) is 24.7 Å². The third-order valence-electron chi connectivity index (χ3n) is 4.23. The summed E-state index contributed by atoms with van der Waals surface area (Å²) in [5, 5.41) is 8.86. The van der Waals surface area contributed by atoms with Crippen LogP contribution in [0.4, 0.5) is 0 Å². The first-order valence-electron chi connectivity index (χ1n) is 8.56. The molecule has 0 bridgehead atoms. The van der Waals surface area contributed by atoms with E-state index >= 15 is 0 Å². The summed E-state index contributed by atoms with van der Waals surface area (Å²) in [5.41, 5.74) is 1.17. The summed E-state index contributed by atoms with van der Waals surface area (Å²) in [6, 6.07) is 12.5. The van der Waals surface area contributed by atoms with Crippen molar-refractivity contribution in [2.75, 3.05) is 13.6 Å². The van der Waals surface area contributed by atoms with Crippen molar-refractivity contribution in [3.05, 3.63) is 52.2 Å². The molecule has 0 aliphatic heterocycles. The SMILES string of the molecule is CN=C(NCCc1cccs1)NCc1ccccc1OC1CCC1.I. The first-order chi connectivity index (χ1) is 11.8. The number of para-hydroxylation sites is 1. The molecule has 0 saturated heterocycles. The maximum Gasteiger partial charge on any atom is 0.191 e. The molecule has 0 spiro atoms. The van der Waals surface area contributed by atoms with Crippen LogP contribution in [0.1, 0.15) is 29.7 Å². The lowest BCUT2D eigenvalue weighted by molar-refractivity contribution is 0.119. The van der Waals surface area contributed by atoms with Crippen molar-refractivity contribution >= 4 is 41.3 Å². The van der Waals surface area contributed by atoms with Crippen LogP contribution < -0.4 is 15.4 Å². The lowest BCUT2D eigenvalue weighted by atomic mass is 9.96. The summed E-state index contributed by atoms with van der Waals surface area (Å²) in [7, 11) is 1.80. The van der Waals surface area contributed by atoms with Crippen molar-refractivity contribution in [3.63, 3.8) is 0 Å². The monoisotopic (exact) mass is 471 g/mol. The minimum absolute atomic E-state index is 0. The molecule has 3 rings (SSSR count). The maximum absolute atomic E-state index is 6.08. The average Bonchev–Trinajstić information content (AvgIpc) is 3.08. The predicted molar refractivity (Wildman–Crippen MR) is 116 cm³/mol. The molecule has 136 valence electrons. The standard InChI is InChI=1S/C19H25N3OS.HI/c1-20-19(21-12-11-17-9-5-13-24-17)22-14-15-6-2-3-10-18(15)23-16-7-4-8-16;/h2-3,5-6,9-10,13,16H,4,7-8,11-12,14H2,1H3,(H2,20,21,22);1H. The smallest absolute Gasteiger partial charge is 0.191 e. The minimum atomic E-state index is 0. The molecule has 1 aromatic carbocycles. The molecule has 2 N–H and O–H groups in total. The quantitative estimate of drug-likeness (QED) is 0.362. The van der Waals surface area contributed by atoms with Gasteiger partial charge >= 0.3 is 0 Å². The molecule has 0 unspecified atom stereocenters. The number of benzene rings is 1. The summed E-state index contributed by atoms with van der Waals surface area (Å²) in [5.74, 6) is 1.81. The zero-order valence-corrected chi connectivity index (χ0v) is 17.7. The van der Waals surface area contributed by atoms with Gasteiger partial charge in [0.05, 0.1) is 6.10 Å². The highest BCUT2D eigenvalue weighted by Gasteiger charge is 2.20. The molecule has 1 heterocycles. The Bertz CT molecular complexity index is 656. The minimum Gasteiger partial charge on any atom is -0.490 e. The Morgan fingerprint density at radius 3 is 2.72 bits per heavy atom. The third kappa shape index (κ3) is 6.18.